The zero-order valence-corrected chi connectivity index (χ0v) is 8.26. The number of benzene rings is 1. The van der Waals surface area contributed by atoms with Gasteiger partial charge in [-0.2, -0.15) is 0 Å². The summed E-state index contributed by atoms with van der Waals surface area (Å²) in [7, 11) is 0. The maximum atomic E-state index is 10.6. The predicted molar refractivity (Wildman–Crippen MR) is 52.1 cm³/mol. The van der Waals surface area contributed by atoms with Crippen molar-refractivity contribution in [1.82, 2.24) is 0 Å². The molecule has 2 heteroatoms. The van der Waals surface area contributed by atoms with E-state index in [4.69, 9.17) is 4.74 Å². The Balaban J connectivity index is 2.68. The SMILES string of the molecule is CC(=O)COc1ccc(C)c(C)c1. The number of hydrogen-bond acceptors (Lipinski definition) is 2. The molecule has 1 aromatic rings. The predicted octanol–water partition coefficient (Wildman–Crippen LogP) is 2.27. The minimum atomic E-state index is 0.0400. The zero-order chi connectivity index (χ0) is 9.84. The average Bonchev–Trinajstić information content (AvgIpc) is 2.07. The molecule has 0 radical (unpaired) electrons. The van der Waals surface area contributed by atoms with Gasteiger partial charge in [-0.15, -0.1) is 0 Å². The van der Waals surface area contributed by atoms with Gasteiger partial charge in [0, 0.05) is 0 Å². The van der Waals surface area contributed by atoms with Crippen LogP contribution in [0.4, 0.5) is 0 Å². The van der Waals surface area contributed by atoms with Crippen LogP contribution in [-0.2, 0) is 4.79 Å². The fraction of sp³-hybridized carbons (Fsp3) is 0.364. The highest BCUT2D eigenvalue weighted by Crippen LogP contribution is 2.16. The molecule has 0 aliphatic rings. The van der Waals surface area contributed by atoms with Crippen molar-refractivity contribution >= 4 is 5.78 Å². The van der Waals surface area contributed by atoms with Crippen LogP contribution >= 0.6 is 0 Å². The summed E-state index contributed by atoms with van der Waals surface area (Å²) in [6.07, 6.45) is 0. The first-order valence-corrected chi connectivity index (χ1v) is 4.29. The average molecular weight is 178 g/mol. The molecule has 0 bridgehead atoms. The first-order chi connectivity index (χ1) is 6.09. The van der Waals surface area contributed by atoms with E-state index in [0.29, 0.717) is 0 Å². The Morgan fingerprint density at radius 2 is 2.00 bits per heavy atom. The number of ether oxygens (including phenoxy) is 1. The minimum absolute atomic E-state index is 0.0400. The number of ketones is 1. The molecule has 0 fully saturated rings. The first-order valence-electron chi connectivity index (χ1n) is 4.29. The Morgan fingerprint density at radius 1 is 1.31 bits per heavy atom. The summed E-state index contributed by atoms with van der Waals surface area (Å²) < 4.78 is 5.25. The summed E-state index contributed by atoms with van der Waals surface area (Å²) in [5.41, 5.74) is 2.41. The van der Waals surface area contributed by atoms with E-state index in [9.17, 15) is 4.79 Å². The second-order valence-electron chi connectivity index (χ2n) is 3.24. The zero-order valence-electron chi connectivity index (χ0n) is 8.26. The molecule has 1 rings (SSSR count). The Labute approximate surface area is 78.5 Å². The minimum Gasteiger partial charge on any atom is -0.486 e. The topological polar surface area (TPSA) is 26.3 Å². The molecular weight excluding hydrogens is 164 g/mol. The van der Waals surface area contributed by atoms with Gasteiger partial charge in [0.25, 0.3) is 0 Å². The van der Waals surface area contributed by atoms with Crippen LogP contribution in [0.25, 0.3) is 0 Å². The summed E-state index contributed by atoms with van der Waals surface area (Å²) in [6, 6.07) is 5.81. The van der Waals surface area contributed by atoms with Gasteiger partial charge in [0.15, 0.2) is 5.78 Å². The fourth-order valence-electron chi connectivity index (χ4n) is 0.989. The van der Waals surface area contributed by atoms with E-state index in [1.165, 1.54) is 18.1 Å². The van der Waals surface area contributed by atoms with Crippen molar-refractivity contribution in [3.63, 3.8) is 0 Å². The highest BCUT2D eigenvalue weighted by atomic mass is 16.5. The van der Waals surface area contributed by atoms with E-state index in [2.05, 4.69) is 0 Å². The van der Waals surface area contributed by atoms with E-state index in [0.717, 1.165) is 5.75 Å². The van der Waals surface area contributed by atoms with Crippen LogP contribution in [0.5, 0.6) is 5.75 Å². The molecule has 0 spiro atoms. The van der Waals surface area contributed by atoms with Crippen LogP contribution in [0.1, 0.15) is 18.1 Å². The van der Waals surface area contributed by atoms with E-state index in [1.807, 2.05) is 32.0 Å². The van der Waals surface area contributed by atoms with Crippen molar-refractivity contribution in [3.05, 3.63) is 29.3 Å². The second-order valence-corrected chi connectivity index (χ2v) is 3.24. The van der Waals surface area contributed by atoms with Gasteiger partial charge in [-0.05, 0) is 44.0 Å². The maximum absolute atomic E-state index is 10.6. The third-order valence-electron chi connectivity index (χ3n) is 1.92. The summed E-state index contributed by atoms with van der Waals surface area (Å²) in [5.74, 6) is 0.802. The van der Waals surface area contributed by atoms with Gasteiger partial charge in [0.2, 0.25) is 0 Å². The van der Waals surface area contributed by atoms with E-state index in [1.54, 1.807) is 0 Å². The van der Waals surface area contributed by atoms with Crippen molar-refractivity contribution in [3.8, 4) is 5.75 Å². The van der Waals surface area contributed by atoms with E-state index >= 15 is 0 Å². The molecule has 0 saturated carbocycles. The van der Waals surface area contributed by atoms with Crippen LogP contribution in [-0.4, -0.2) is 12.4 Å². The Kier molecular flexibility index (Phi) is 3.07. The van der Waals surface area contributed by atoms with Gasteiger partial charge in [0.05, 0.1) is 0 Å². The Morgan fingerprint density at radius 3 is 2.54 bits per heavy atom. The molecule has 0 heterocycles. The van der Waals surface area contributed by atoms with Crippen LogP contribution < -0.4 is 4.74 Å². The number of hydrogen-bond donors (Lipinski definition) is 0. The lowest BCUT2D eigenvalue weighted by molar-refractivity contribution is -0.118. The lowest BCUT2D eigenvalue weighted by atomic mass is 10.1. The highest BCUT2D eigenvalue weighted by Gasteiger charge is 1.98. The smallest absolute Gasteiger partial charge is 0.167 e. The number of aryl methyl sites for hydroxylation is 2. The summed E-state index contributed by atoms with van der Waals surface area (Å²) in [6.45, 7) is 5.74. The highest BCUT2D eigenvalue weighted by molar-refractivity contribution is 5.77. The Bertz CT molecular complexity index is 316. The molecule has 0 aromatic heterocycles. The summed E-state index contributed by atoms with van der Waals surface area (Å²) >= 11 is 0. The molecule has 0 atom stereocenters. The normalized spacial score (nSPS) is 9.77. The van der Waals surface area contributed by atoms with Crippen molar-refractivity contribution < 1.29 is 9.53 Å². The van der Waals surface area contributed by atoms with Gasteiger partial charge in [-0.3, -0.25) is 4.79 Å². The molecule has 1 aromatic carbocycles. The quantitative estimate of drug-likeness (QED) is 0.709. The standard InChI is InChI=1S/C11H14O2/c1-8-4-5-11(6-9(8)2)13-7-10(3)12/h4-6H,7H2,1-3H3. The lowest BCUT2D eigenvalue weighted by Crippen LogP contribution is -2.06. The fourth-order valence-corrected chi connectivity index (χ4v) is 0.989. The third-order valence-corrected chi connectivity index (χ3v) is 1.92. The second kappa shape index (κ2) is 4.08. The van der Waals surface area contributed by atoms with Gasteiger partial charge in [0.1, 0.15) is 12.4 Å². The van der Waals surface area contributed by atoms with E-state index < -0.39 is 0 Å². The summed E-state index contributed by atoms with van der Waals surface area (Å²) in [4.78, 5) is 10.6. The van der Waals surface area contributed by atoms with Gasteiger partial charge in [-0.25, -0.2) is 0 Å². The largest absolute Gasteiger partial charge is 0.486 e. The monoisotopic (exact) mass is 178 g/mol. The van der Waals surface area contributed by atoms with Crippen molar-refractivity contribution in [2.24, 2.45) is 0 Å². The number of carbonyl (C=O) groups is 1. The number of rotatable bonds is 3. The van der Waals surface area contributed by atoms with Crippen LogP contribution in [0.15, 0.2) is 18.2 Å². The number of carbonyl (C=O) groups excluding carboxylic acids is 1. The van der Waals surface area contributed by atoms with Crippen LogP contribution in [0.3, 0.4) is 0 Å². The van der Waals surface area contributed by atoms with Crippen molar-refractivity contribution in [1.29, 1.82) is 0 Å². The molecule has 0 aliphatic heterocycles. The Hall–Kier alpha value is -1.31. The molecule has 13 heavy (non-hydrogen) atoms. The number of Topliss-reactive ketones (excluding diaryl/α,β-unsaturated/α-hetero) is 1. The molecule has 0 N–H and O–H groups in total. The molecule has 2 nitrogen and oxygen atoms in total. The van der Waals surface area contributed by atoms with Gasteiger partial charge >= 0.3 is 0 Å². The molecule has 0 amide bonds. The maximum Gasteiger partial charge on any atom is 0.167 e. The van der Waals surface area contributed by atoms with E-state index in [-0.39, 0.29) is 12.4 Å². The molecule has 0 unspecified atom stereocenters. The van der Waals surface area contributed by atoms with Crippen molar-refractivity contribution in [2.75, 3.05) is 6.61 Å². The van der Waals surface area contributed by atoms with Crippen LogP contribution in [0, 0.1) is 13.8 Å². The molecule has 0 aliphatic carbocycles. The lowest BCUT2D eigenvalue weighted by Gasteiger charge is -2.05. The van der Waals surface area contributed by atoms with Gasteiger partial charge < -0.3 is 4.74 Å². The van der Waals surface area contributed by atoms with Crippen LogP contribution in [0.2, 0.25) is 0 Å². The van der Waals surface area contributed by atoms with Crippen molar-refractivity contribution in [2.45, 2.75) is 20.8 Å². The van der Waals surface area contributed by atoms with Gasteiger partial charge in [-0.1, -0.05) is 6.07 Å². The molecular formula is C11H14O2. The first kappa shape index (κ1) is 9.78. The summed E-state index contributed by atoms with van der Waals surface area (Å²) in [5, 5.41) is 0. The molecule has 70 valence electrons. The third kappa shape index (κ3) is 2.90. The molecule has 0 saturated heterocycles.